The van der Waals surface area contributed by atoms with Crippen LogP contribution in [0.1, 0.15) is 64.7 Å². The van der Waals surface area contributed by atoms with Gasteiger partial charge in [-0.25, -0.2) is 0 Å². The molecule has 4 rings (SSSR count). The van der Waals surface area contributed by atoms with Crippen LogP contribution in [-0.2, 0) is 13.6 Å². The summed E-state index contributed by atoms with van der Waals surface area (Å²) in [5.41, 5.74) is 0.522. The number of carbonyl (C=O) groups is 2. The molecule has 0 atom stereocenters. The monoisotopic (exact) mass is 389 g/mol. The van der Waals surface area contributed by atoms with E-state index in [2.05, 4.69) is 0 Å². The molecule has 2 aromatic rings. The largest absolute Gasteiger partial charge is 0.494 e. The summed E-state index contributed by atoms with van der Waals surface area (Å²) in [5.74, 6) is -1.19. The number of hydrogen-bond acceptors (Lipinski definition) is 6. The molecule has 0 aliphatic heterocycles. The summed E-state index contributed by atoms with van der Waals surface area (Å²) in [6.45, 7) is 3.43. The van der Waals surface area contributed by atoms with Gasteiger partial charge in [0.1, 0.15) is 11.0 Å². The number of aromatic nitrogens is 1. The van der Waals surface area contributed by atoms with Gasteiger partial charge in [-0.1, -0.05) is 24.3 Å². The quantitative estimate of drug-likeness (QED) is 0.651. The Bertz CT molecular complexity index is 994. The van der Waals surface area contributed by atoms with Crippen molar-refractivity contribution in [2.75, 3.05) is 13.2 Å². The maximum atomic E-state index is 13.4. The molecule has 0 saturated heterocycles. The molecule has 0 radical (unpaired) electrons. The summed E-state index contributed by atoms with van der Waals surface area (Å²) in [4.78, 5) is 26.4. The fraction of sp³-hybridized carbons (Fsp3) is 0.368. The van der Waals surface area contributed by atoms with Crippen LogP contribution in [-0.4, -0.2) is 34.5 Å². The molecule has 0 unspecified atom stereocenters. The molecule has 8 heteroatoms. The number of nitrogens with zero attached hydrogens (tertiary/aromatic N) is 1. The number of aromatic hydroxyl groups is 1. The number of carbonyl (C=O) groups excluding carboxylic acids is 2. The summed E-state index contributed by atoms with van der Waals surface area (Å²) >= 11 is 0. The predicted molar refractivity (Wildman–Crippen MR) is 98.2 cm³/mol. The lowest BCUT2D eigenvalue weighted by Crippen LogP contribution is -2.26. The van der Waals surface area contributed by atoms with Crippen molar-refractivity contribution in [3.8, 4) is 5.88 Å². The van der Waals surface area contributed by atoms with Crippen molar-refractivity contribution < 1.29 is 28.3 Å². The van der Waals surface area contributed by atoms with E-state index in [-0.39, 0.29) is 58.6 Å². The molecule has 2 aliphatic rings. The van der Waals surface area contributed by atoms with Crippen LogP contribution in [0.4, 0.5) is 0 Å². The molecule has 1 aromatic heterocycles. The Labute approximate surface area is 156 Å². The van der Waals surface area contributed by atoms with Crippen LogP contribution in [0, 0.1) is 0 Å². The molecule has 1 aromatic carbocycles. The van der Waals surface area contributed by atoms with Gasteiger partial charge in [-0.15, -0.1) is 0 Å². The van der Waals surface area contributed by atoms with Gasteiger partial charge in [0.25, 0.3) is 0 Å². The van der Waals surface area contributed by atoms with E-state index in [0.29, 0.717) is 0 Å². The summed E-state index contributed by atoms with van der Waals surface area (Å²) in [6, 6.07) is 6.39. The molecule has 1 N–H and O–H groups in total. The van der Waals surface area contributed by atoms with Crippen LogP contribution in [0.25, 0.3) is 0 Å². The van der Waals surface area contributed by atoms with Gasteiger partial charge in [-0.3, -0.25) is 14.2 Å². The zero-order valence-corrected chi connectivity index (χ0v) is 16.0. The maximum absolute atomic E-state index is 13.4. The molecule has 1 saturated carbocycles. The Morgan fingerprint density at radius 2 is 1.63 bits per heavy atom. The molecule has 0 bridgehead atoms. The number of hydrogen-bond donors (Lipinski definition) is 1. The van der Waals surface area contributed by atoms with Crippen LogP contribution in [0.5, 0.6) is 5.88 Å². The Hall–Kier alpha value is -2.21. The predicted octanol–water partition coefficient (Wildman–Crippen LogP) is 3.20. The van der Waals surface area contributed by atoms with Crippen molar-refractivity contribution in [2.45, 2.75) is 32.7 Å². The van der Waals surface area contributed by atoms with Gasteiger partial charge in [-0.2, -0.15) is 0 Å². The van der Waals surface area contributed by atoms with Crippen molar-refractivity contribution >= 4 is 24.5 Å². The lowest BCUT2D eigenvalue weighted by molar-refractivity contribution is 0.0973. The van der Waals surface area contributed by atoms with Crippen molar-refractivity contribution in [1.29, 1.82) is 0 Å². The van der Waals surface area contributed by atoms with Gasteiger partial charge < -0.3 is 18.7 Å². The average molecular weight is 389 g/mol. The van der Waals surface area contributed by atoms with E-state index in [1.165, 1.54) is 4.57 Å². The molecule has 142 valence electrons. The third-order valence-corrected chi connectivity index (χ3v) is 6.96. The van der Waals surface area contributed by atoms with Crippen LogP contribution in [0.2, 0.25) is 0 Å². The smallest absolute Gasteiger partial charge is 0.367 e. The second-order valence-corrected chi connectivity index (χ2v) is 8.49. The zero-order valence-electron chi connectivity index (χ0n) is 15.1. The van der Waals surface area contributed by atoms with Crippen LogP contribution in [0.15, 0.2) is 24.3 Å². The van der Waals surface area contributed by atoms with Crippen molar-refractivity contribution in [3.05, 3.63) is 46.6 Å². The van der Waals surface area contributed by atoms with Gasteiger partial charge in [0, 0.05) is 17.2 Å². The minimum atomic E-state index is -3.98. The van der Waals surface area contributed by atoms with Crippen LogP contribution in [0.3, 0.4) is 0 Å². The Balaban J connectivity index is 2.04. The third-order valence-electron chi connectivity index (χ3n) is 4.80. The maximum Gasteiger partial charge on any atom is 0.367 e. The first kappa shape index (κ1) is 18.2. The summed E-state index contributed by atoms with van der Waals surface area (Å²) < 4.78 is 25.7. The van der Waals surface area contributed by atoms with E-state index in [0.717, 1.165) is 12.8 Å². The standard InChI is InChI=1S/C19H20NO6P/c1-3-25-27(24,26-4-2)18-14-15(20(19(18)23)11-9-10-11)17(22)13-8-6-5-7-12(13)16(14)21/h5-8,11,23H,3-4,9-10H2,1-2H3. The van der Waals surface area contributed by atoms with E-state index in [1.54, 1.807) is 38.1 Å². The number of ketones is 2. The average Bonchev–Trinajstić information content (AvgIpc) is 3.42. The van der Waals surface area contributed by atoms with E-state index >= 15 is 0 Å². The fourth-order valence-corrected chi connectivity index (χ4v) is 5.44. The molecule has 0 amide bonds. The third kappa shape index (κ3) is 2.61. The minimum absolute atomic E-state index is 0.0617. The first-order chi connectivity index (χ1) is 12.9. The molecule has 1 heterocycles. The highest BCUT2D eigenvalue weighted by Gasteiger charge is 2.47. The highest BCUT2D eigenvalue weighted by atomic mass is 31.2. The number of rotatable bonds is 6. The highest BCUT2D eigenvalue weighted by Crippen LogP contribution is 2.54. The second-order valence-electron chi connectivity index (χ2n) is 6.53. The van der Waals surface area contributed by atoms with Crippen molar-refractivity contribution in [2.24, 2.45) is 0 Å². The molecular formula is C19H20NO6P. The SMILES string of the molecule is CCOP(=O)(OCC)c1c2c(n(C3CC3)c1O)C(=O)c1ccccc1C2=O. The van der Waals surface area contributed by atoms with Gasteiger partial charge in [0.2, 0.25) is 11.7 Å². The Kier molecular flexibility index (Phi) is 4.34. The topological polar surface area (TPSA) is 94.8 Å². The summed E-state index contributed by atoms with van der Waals surface area (Å²) in [6.07, 6.45) is 1.54. The normalized spacial score (nSPS) is 16.4. The number of fused-ring (bicyclic) bond motifs is 2. The first-order valence-corrected chi connectivity index (χ1v) is 10.5. The number of benzene rings is 1. The highest BCUT2D eigenvalue weighted by molar-refractivity contribution is 7.62. The molecule has 2 aliphatic carbocycles. The van der Waals surface area contributed by atoms with E-state index < -0.39 is 13.4 Å². The van der Waals surface area contributed by atoms with E-state index in [1.807, 2.05) is 0 Å². The molecule has 7 nitrogen and oxygen atoms in total. The molecule has 27 heavy (non-hydrogen) atoms. The molecule has 0 spiro atoms. The lowest BCUT2D eigenvalue weighted by atomic mass is 9.88. The molecule has 1 fully saturated rings. The Morgan fingerprint density at radius 1 is 1.07 bits per heavy atom. The lowest BCUT2D eigenvalue weighted by Gasteiger charge is -2.19. The van der Waals surface area contributed by atoms with Crippen molar-refractivity contribution in [3.63, 3.8) is 0 Å². The summed E-state index contributed by atoms with van der Waals surface area (Å²) in [7, 11) is -3.98. The minimum Gasteiger partial charge on any atom is -0.494 e. The molecular weight excluding hydrogens is 369 g/mol. The van der Waals surface area contributed by atoms with Crippen molar-refractivity contribution in [1.82, 2.24) is 4.57 Å². The van der Waals surface area contributed by atoms with Crippen LogP contribution < -0.4 is 5.30 Å². The van der Waals surface area contributed by atoms with Crippen LogP contribution >= 0.6 is 7.60 Å². The van der Waals surface area contributed by atoms with E-state index in [9.17, 15) is 19.3 Å². The van der Waals surface area contributed by atoms with Gasteiger partial charge in [-0.05, 0) is 26.7 Å². The first-order valence-electron chi connectivity index (χ1n) is 8.99. The van der Waals surface area contributed by atoms with E-state index in [4.69, 9.17) is 9.05 Å². The summed E-state index contributed by atoms with van der Waals surface area (Å²) in [5, 5.41) is 10.7. The van der Waals surface area contributed by atoms with Gasteiger partial charge in [0.15, 0.2) is 5.78 Å². The fourth-order valence-electron chi connectivity index (χ4n) is 3.60. The second kappa shape index (κ2) is 6.44. The van der Waals surface area contributed by atoms with Gasteiger partial charge in [0.05, 0.1) is 18.8 Å². The van der Waals surface area contributed by atoms with Gasteiger partial charge >= 0.3 is 7.60 Å². The Morgan fingerprint density at radius 3 is 2.15 bits per heavy atom. The zero-order chi connectivity index (χ0) is 19.3.